The zero-order valence-electron chi connectivity index (χ0n) is 10.5. The minimum absolute atomic E-state index is 0.135. The highest BCUT2D eigenvalue weighted by molar-refractivity contribution is 9.10. The van der Waals surface area contributed by atoms with Crippen LogP contribution in [-0.4, -0.2) is 27.2 Å². The molecule has 1 unspecified atom stereocenters. The molecule has 0 radical (unpaired) electrons. The zero-order valence-corrected chi connectivity index (χ0v) is 12.1. The van der Waals surface area contributed by atoms with Gasteiger partial charge in [0.25, 0.3) is 0 Å². The number of hydrogen-bond donors (Lipinski definition) is 2. The lowest BCUT2D eigenvalue weighted by atomic mass is 10.2. The molecular weight excluding hydrogens is 336 g/mol. The third kappa shape index (κ3) is 3.94. The van der Waals surface area contributed by atoms with Crippen molar-refractivity contribution in [1.82, 2.24) is 25.9 Å². The largest absolute Gasteiger partial charge is 0.434 e. The molecule has 2 N–H and O–H groups in total. The summed E-state index contributed by atoms with van der Waals surface area (Å²) in [6, 6.07) is 4.68. The number of nitrogens with zero attached hydrogens (tertiary/aromatic N) is 3. The lowest BCUT2D eigenvalue weighted by molar-refractivity contribution is -0.0505. The second kappa shape index (κ2) is 6.71. The van der Waals surface area contributed by atoms with Gasteiger partial charge in [-0.15, -0.1) is 10.2 Å². The van der Waals surface area contributed by atoms with E-state index in [9.17, 15) is 8.78 Å². The summed E-state index contributed by atoms with van der Waals surface area (Å²) >= 11 is 3.30. The fourth-order valence-electron chi connectivity index (χ4n) is 1.60. The molecule has 0 fully saturated rings. The van der Waals surface area contributed by atoms with E-state index in [0.717, 1.165) is 4.47 Å². The van der Waals surface area contributed by atoms with Crippen molar-refractivity contribution in [2.75, 3.05) is 0 Å². The van der Waals surface area contributed by atoms with Crippen LogP contribution < -0.4 is 10.1 Å². The molecule has 0 saturated carbocycles. The molecule has 1 aromatic heterocycles. The van der Waals surface area contributed by atoms with Gasteiger partial charge in [0, 0.05) is 16.6 Å². The number of rotatable bonds is 6. The molecule has 2 rings (SSSR count). The van der Waals surface area contributed by atoms with E-state index in [4.69, 9.17) is 0 Å². The predicted octanol–water partition coefficient (Wildman–Crippen LogP) is 2.41. The molecule has 1 atom stereocenters. The van der Waals surface area contributed by atoms with Crippen LogP contribution in [0.5, 0.6) is 5.75 Å². The van der Waals surface area contributed by atoms with Crippen molar-refractivity contribution >= 4 is 15.9 Å². The smallest absolute Gasteiger partial charge is 0.387 e. The summed E-state index contributed by atoms with van der Waals surface area (Å²) in [7, 11) is 0. The second-order valence-corrected chi connectivity index (χ2v) is 4.92. The van der Waals surface area contributed by atoms with Crippen molar-refractivity contribution in [1.29, 1.82) is 0 Å². The first-order valence-corrected chi connectivity index (χ1v) is 6.55. The van der Waals surface area contributed by atoms with Gasteiger partial charge in [-0.05, 0) is 25.1 Å². The zero-order chi connectivity index (χ0) is 14.5. The summed E-state index contributed by atoms with van der Waals surface area (Å²) in [4.78, 5) is 0. The third-order valence-corrected chi connectivity index (χ3v) is 3.08. The Morgan fingerprint density at radius 1 is 1.45 bits per heavy atom. The maximum atomic E-state index is 12.3. The van der Waals surface area contributed by atoms with Crippen LogP contribution in [-0.2, 0) is 6.54 Å². The Morgan fingerprint density at radius 3 is 2.90 bits per heavy atom. The minimum atomic E-state index is -2.86. The Bertz CT molecular complexity index is 552. The number of nitrogens with one attached hydrogen (secondary N) is 2. The maximum absolute atomic E-state index is 12.3. The molecule has 6 nitrogen and oxygen atoms in total. The molecule has 0 aliphatic carbocycles. The van der Waals surface area contributed by atoms with Crippen molar-refractivity contribution < 1.29 is 13.5 Å². The Kier molecular flexibility index (Phi) is 4.96. The second-order valence-electron chi connectivity index (χ2n) is 4.00. The predicted molar refractivity (Wildman–Crippen MR) is 70.2 cm³/mol. The number of H-pyrrole nitrogens is 1. The van der Waals surface area contributed by atoms with Gasteiger partial charge in [0.2, 0.25) is 0 Å². The first kappa shape index (κ1) is 14.8. The van der Waals surface area contributed by atoms with Crippen LogP contribution in [0.3, 0.4) is 0 Å². The van der Waals surface area contributed by atoms with E-state index in [0.29, 0.717) is 17.9 Å². The molecule has 0 bridgehead atoms. The quantitative estimate of drug-likeness (QED) is 0.839. The van der Waals surface area contributed by atoms with Crippen molar-refractivity contribution in [2.24, 2.45) is 0 Å². The number of ether oxygens (including phenoxy) is 1. The van der Waals surface area contributed by atoms with Gasteiger partial charge < -0.3 is 10.1 Å². The third-order valence-electron chi connectivity index (χ3n) is 2.59. The molecule has 2 aromatic rings. The normalized spacial score (nSPS) is 12.7. The van der Waals surface area contributed by atoms with Gasteiger partial charge in [0.15, 0.2) is 5.82 Å². The summed E-state index contributed by atoms with van der Waals surface area (Å²) in [5.41, 5.74) is 0.606. The first-order valence-electron chi connectivity index (χ1n) is 5.76. The summed E-state index contributed by atoms with van der Waals surface area (Å²) in [5.74, 6) is 0.632. The topological polar surface area (TPSA) is 75.7 Å². The molecule has 0 aliphatic heterocycles. The van der Waals surface area contributed by atoms with Gasteiger partial charge in [-0.2, -0.15) is 14.0 Å². The maximum Gasteiger partial charge on any atom is 0.387 e. The summed E-state index contributed by atoms with van der Waals surface area (Å²) < 4.78 is 29.9. The number of tetrazole rings is 1. The SMILES string of the molecule is CC(NCc1cc(Br)ccc1OC(F)F)c1nn[nH]n1. The van der Waals surface area contributed by atoms with E-state index in [1.165, 1.54) is 6.07 Å². The summed E-state index contributed by atoms with van der Waals surface area (Å²) in [6.07, 6.45) is 0. The lowest BCUT2D eigenvalue weighted by Crippen LogP contribution is -2.20. The standard InChI is InChI=1S/C11H12BrF2N5O/c1-6(10-16-18-19-17-10)15-5-7-4-8(12)2-3-9(7)20-11(13)14/h2-4,6,11,15H,5H2,1H3,(H,16,17,18,19). The fourth-order valence-corrected chi connectivity index (χ4v) is 2.01. The number of benzene rings is 1. The fraction of sp³-hybridized carbons (Fsp3) is 0.364. The molecule has 1 heterocycles. The van der Waals surface area contributed by atoms with Crippen LogP contribution in [0.4, 0.5) is 8.78 Å². The van der Waals surface area contributed by atoms with Gasteiger partial charge in [-0.1, -0.05) is 21.1 Å². The van der Waals surface area contributed by atoms with Crippen LogP contribution in [0.15, 0.2) is 22.7 Å². The Hall–Kier alpha value is -1.61. The molecule has 0 saturated heterocycles. The summed E-state index contributed by atoms with van der Waals surface area (Å²) in [6.45, 7) is -0.683. The number of hydrogen-bond acceptors (Lipinski definition) is 5. The molecule has 108 valence electrons. The highest BCUT2D eigenvalue weighted by Crippen LogP contribution is 2.25. The van der Waals surface area contributed by atoms with E-state index >= 15 is 0 Å². The van der Waals surface area contributed by atoms with Gasteiger partial charge in [0.1, 0.15) is 5.75 Å². The Balaban J connectivity index is 2.06. The average Bonchev–Trinajstić information content (AvgIpc) is 2.92. The highest BCUT2D eigenvalue weighted by atomic mass is 79.9. The van der Waals surface area contributed by atoms with E-state index in [-0.39, 0.29) is 11.8 Å². The van der Waals surface area contributed by atoms with Crippen LogP contribution in [0.25, 0.3) is 0 Å². The van der Waals surface area contributed by atoms with Crippen molar-refractivity contribution in [3.8, 4) is 5.75 Å². The van der Waals surface area contributed by atoms with Gasteiger partial charge >= 0.3 is 6.61 Å². The van der Waals surface area contributed by atoms with E-state index in [1.807, 2.05) is 6.92 Å². The summed E-state index contributed by atoms with van der Waals surface area (Å²) in [5, 5.41) is 16.6. The Labute approximate surface area is 122 Å². The van der Waals surface area contributed by atoms with Crippen LogP contribution >= 0.6 is 15.9 Å². The van der Waals surface area contributed by atoms with E-state index in [2.05, 4.69) is 46.6 Å². The number of alkyl halides is 2. The van der Waals surface area contributed by atoms with Gasteiger partial charge in [-0.3, -0.25) is 0 Å². The van der Waals surface area contributed by atoms with Crippen LogP contribution in [0.1, 0.15) is 24.4 Å². The van der Waals surface area contributed by atoms with E-state index in [1.54, 1.807) is 12.1 Å². The van der Waals surface area contributed by atoms with Gasteiger partial charge in [-0.25, -0.2) is 0 Å². The molecule has 9 heteroatoms. The van der Waals surface area contributed by atoms with E-state index < -0.39 is 6.61 Å². The van der Waals surface area contributed by atoms with Crippen molar-refractivity contribution in [3.63, 3.8) is 0 Å². The van der Waals surface area contributed by atoms with Crippen LogP contribution in [0, 0.1) is 0 Å². The highest BCUT2D eigenvalue weighted by Gasteiger charge is 2.13. The molecule has 1 aromatic carbocycles. The number of aromatic amines is 1. The molecular formula is C11H12BrF2N5O. The monoisotopic (exact) mass is 347 g/mol. The lowest BCUT2D eigenvalue weighted by Gasteiger charge is -2.14. The average molecular weight is 348 g/mol. The van der Waals surface area contributed by atoms with Crippen molar-refractivity contribution in [2.45, 2.75) is 26.1 Å². The molecule has 0 aliphatic rings. The first-order chi connectivity index (χ1) is 9.56. The van der Waals surface area contributed by atoms with Gasteiger partial charge in [0.05, 0.1) is 6.04 Å². The van der Waals surface area contributed by atoms with Crippen LogP contribution in [0.2, 0.25) is 0 Å². The number of halogens is 3. The molecule has 0 amide bonds. The molecule has 0 spiro atoms. The molecule has 20 heavy (non-hydrogen) atoms. The minimum Gasteiger partial charge on any atom is -0.434 e. The number of aromatic nitrogens is 4. The Morgan fingerprint density at radius 2 is 2.25 bits per heavy atom. The van der Waals surface area contributed by atoms with Crippen molar-refractivity contribution in [3.05, 3.63) is 34.1 Å².